The third-order valence-corrected chi connectivity index (χ3v) is 6.74. The molecule has 1 fully saturated rings. The van der Waals surface area contributed by atoms with Crippen LogP contribution in [0.25, 0.3) is 0 Å². The summed E-state index contributed by atoms with van der Waals surface area (Å²) in [5.41, 5.74) is 0.851. The van der Waals surface area contributed by atoms with E-state index in [9.17, 15) is 9.59 Å². The van der Waals surface area contributed by atoms with Crippen molar-refractivity contribution >= 4 is 23.3 Å². The molecule has 2 heterocycles. The van der Waals surface area contributed by atoms with Gasteiger partial charge < -0.3 is 15.0 Å². The molecular weight excluding hydrogens is 386 g/mol. The normalized spacial score (nSPS) is 17.7. The van der Waals surface area contributed by atoms with E-state index in [-0.39, 0.29) is 12.0 Å². The molecule has 1 saturated heterocycles. The van der Waals surface area contributed by atoms with Crippen molar-refractivity contribution in [2.45, 2.75) is 84.2 Å². The Kier molecular flexibility index (Phi) is 7.55. The number of carbonyl (C=O) groups is 2. The highest BCUT2D eigenvalue weighted by Crippen LogP contribution is 2.27. The molecule has 3 rings (SSSR count). The second-order valence-electron chi connectivity index (χ2n) is 9.25. The zero-order valence-corrected chi connectivity index (χ0v) is 18.9. The number of hydrogen-bond donors (Lipinski definition) is 1. The molecule has 29 heavy (non-hydrogen) atoms. The van der Waals surface area contributed by atoms with Crippen molar-refractivity contribution in [2.75, 3.05) is 19.6 Å². The molecule has 0 bridgehead atoms. The number of piperidine rings is 1. The fourth-order valence-electron chi connectivity index (χ4n) is 3.96. The van der Waals surface area contributed by atoms with Crippen molar-refractivity contribution < 1.29 is 14.3 Å². The van der Waals surface area contributed by atoms with Gasteiger partial charge in [0.05, 0.1) is 10.7 Å². The van der Waals surface area contributed by atoms with Gasteiger partial charge in [0.25, 0.3) is 0 Å². The Balaban J connectivity index is 1.29. The molecule has 0 saturated carbocycles. The number of hydrogen-bond acceptors (Lipinski definition) is 5. The maximum atomic E-state index is 12.3. The zero-order chi connectivity index (χ0) is 20.9. The molecule has 1 N–H and O–H groups in total. The Morgan fingerprint density at radius 1 is 1.21 bits per heavy atom. The monoisotopic (exact) mass is 421 g/mol. The molecule has 1 aliphatic heterocycles. The number of ether oxygens (including phenoxy) is 1. The molecule has 0 aromatic carbocycles. The topological polar surface area (TPSA) is 71.5 Å². The van der Waals surface area contributed by atoms with Gasteiger partial charge in [0.15, 0.2) is 0 Å². The number of aryl methyl sites for hydroxylation is 3. The van der Waals surface area contributed by atoms with Crippen LogP contribution in [-0.2, 0) is 28.8 Å². The van der Waals surface area contributed by atoms with Crippen LogP contribution in [0.3, 0.4) is 0 Å². The predicted molar refractivity (Wildman–Crippen MR) is 115 cm³/mol. The summed E-state index contributed by atoms with van der Waals surface area (Å²) in [5.74, 6) is 0.471. The summed E-state index contributed by atoms with van der Waals surface area (Å²) in [4.78, 5) is 32.4. The van der Waals surface area contributed by atoms with E-state index in [0.29, 0.717) is 32.0 Å². The van der Waals surface area contributed by atoms with E-state index in [1.807, 2.05) is 32.1 Å². The van der Waals surface area contributed by atoms with E-state index in [4.69, 9.17) is 9.72 Å². The Morgan fingerprint density at radius 2 is 1.93 bits per heavy atom. The van der Waals surface area contributed by atoms with Gasteiger partial charge >= 0.3 is 6.09 Å². The summed E-state index contributed by atoms with van der Waals surface area (Å²) in [6, 6.07) is 0. The van der Waals surface area contributed by atoms with Crippen LogP contribution >= 0.6 is 11.3 Å². The van der Waals surface area contributed by atoms with Gasteiger partial charge in [0.2, 0.25) is 5.91 Å². The SMILES string of the molecule is CC(C)(C)OC(=O)N1CCC(CC(=O)NCCCc2nc3c(s2)CCCC3)CC1. The van der Waals surface area contributed by atoms with E-state index in [2.05, 4.69) is 5.32 Å². The van der Waals surface area contributed by atoms with E-state index in [1.165, 1.54) is 34.8 Å². The number of rotatable bonds is 6. The van der Waals surface area contributed by atoms with Gasteiger partial charge in [-0.15, -0.1) is 11.3 Å². The molecule has 7 heteroatoms. The maximum Gasteiger partial charge on any atom is 0.410 e. The minimum absolute atomic E-state index is 0.124. The third-order valence-electron chi connectivity index (χ3n) is 5.52. The highest BCUT2D eigenvalue weighted by Gasteiger charge is 2.27. The fraction of sp³-hybridized carbons (Fsp3) is 0.773. The Labute approximate surface area is 178 Å². The Bertz CT molecular complexity index is 679. The van der Waals surface area contributed by atoms with Crippen molar-refractivity contribution in [1.82, 2.24) is 15.2 Å². The van der Waals surface area contributed by atoms with Crippen molar-refractivity contribution in [3.63, 3.8) is 0 Å². The van der Waals surface area contributed by atoms with Crippen LogP contribution in [0.4, 0.5) is 4.79 Å². The second kappa shape index (κ2) is 9.92. The lowest BCUT2D eigenvalue weighted by molar-refractivity contribution is -0.122. The third kappa shape index (κ3) is 6.98. The number of nitrogens with zero attached hydrogens (tertiary/aromatic N) is 2. The second-order valence-corrected chi connectivity index (χ2v) is 10.4. The smallest absolute Gasteiger partial charge is 0.410 e. The van der Waals surface area contributed by atoms with Crippen LogP contribution in [0.2, 0.25) is 0 Å². The van der Waals surface area contributed by atoms with Gasteiger partial charge in [-0.3, -0.25) is 4.79 Å². The summed E-state index contributed by atoms with van der Waals surface area (Å²) >= 11 is 1.86. The number of aromatic nitrogens is 1. The van der Waals surface area contributed by atoms with Crippen molar-refractivity contribution in [2.24, 2.45) is 5.92 Å². The van der Waals surface area contributed by atoms with Crippen LogP contribution in [-0.4, -0.2) is 47.1 Å². The van der Waals surface area contributed by atoms with Crippen LogP contribution in [0, 0.1) is 5.92 Å². The molecule has 0 unspecified atom stereocenters. The molecule has 0 spiro atoms. The first kappa shape index (κ1) is 22.1. The molecule has 0 radical (unpaired) electrons. The minimum atomic E-state index is -0.466. The summed E-state index contributed by atoms with van der Waals surface area (Å²) in [6.07, 6.45) is 8.80. The molecule has 6 nitrogen and oxygen atoms in total. The predicted octanol–water partition coefficient (Wildman–Crippen LogP) is 4.11. The summed E-state index contributed by atoms with van der Waals surface area (Å²) < 4.78 is 5.43. The van der Waals surface area contributed by atoms with Crippen molar-refractivity contribution in [3.05, 3.63) is 15.6 Å². The zero-order valence-electron chi connectivity index (χ0n) is 18.1. The molecule has 2 amide bonds. The van der Waals surface area contributed by atoms with E-state index in [1.54, 1.807) is 4.90 Å². The number of carbonyl (C=O) groups excluding carboxylic acids is 2. The van der Waals surface area contributed by atoms with Gasteiger partial charge in [0, 0.05) is 37.4 Å². The number of nitrogens with one attached hydrogen (secondary N) is 1. The summed E-state index contributed by atoms with van der Waals surface area (Å²) in [6.45, 7) is 7.68. The van der Waals surface area contributed by atoms with E-state index in [0.717, 1.165) is 32.1 Å². The summed E-state index contributed by atoms with van der Waals surface area (Å²) in [5, 5.41) is 4.28. The Morgan fingerprint density at radius 3 is 2.62 bits per heavy atom. The fourth-order valence-corrected chi connectivity index (χ4v) is 5.16. The first-order valence-electron chi connectivity index (χ1n) is 11.0. The van der Waals surface area contributed by atoms with Gasteiger partial charge in [-0.2, -0.15) is 0 Å². The molecule has 1 aromatic rings. The summed E-state index contributed by atoms with van der Waals surface area (Å²) in [7, 11) is 0. The van der Waals surface area contributed by atoms with Gasteiger partial charge in [0.1, 0.15) is 5.60 Å². The Hall–Kier alpha value is -1.63. The van der Waals surface area contributed by atoms with Gasteiger partial charge in [-0.25, -0.2) is 9.78 Å². The van der Waals surface area contributed by atoms with Gasteiger partial charge in [-0.1, -0.05) is 0 Å². The van der Waals surface area contributed by atoms with Crippen LogP contribution in [0.5, 0.6) is 0 Å². The van der Waals surface area contributed by atoms with E-state index < -0.39 is 5.60 Å². The standard InChI is InChI=1S/C22H35N3O3S/c1-22(2,3)28-21(27)25-13-10-16(11-14-25)15-19(26)23-12-6-9-20-24-17-7-4-5-8-18(17)29-20/h16H,4-15H2,1-3H3,(H,23,26). The highest BCUT2D eigenvalue weighted by atomic mass is 32.1. The lowest BCUT2D eigenvalue weighted by Crippen LogP contribution is -2.42. The first-order valence-corrected chi connectivity index (χ1v) is 11.8. The molecule has 162 valence electrons. The lowest BCUT2D eigenvalue weighted by atomic mass is 9.93. The first-order chi connectivity index (χ1) is 13.8. The minimum Gasteiger partial charge on any atom is -0.444 e. The maximum absolute atomic E-state index is 12.3. The number of likely N-dealkylation sites (tertiary alicyclic amines) is 1. The van der Waals surface area contributed by atoms with Crippen LogP contribution in [0.1, 0.15) is 74.9 Å². The quantitative estimate of drug-likeness (QED) is 0.702. The molecule has 1 aliphatic carbocycles. The number of fused-ring (bicyclic) bond motifs is 1. The van der Waals surface area contributed by atoms with Crippen LogP contribution in [0.15, 0.2) is 0 Å². The van der Waals surface area contributed by atoms with Crippen molar-refractivity contribution in [1.29, 1.82) is 0 Å². The molecule has 0 atom stereocenters. The molecular formula is C22H35N3O3S. The van der Waals surface area contributed by atoms with Gasteiger partial charge in [-0.05, 0) is 71.6 Å². The largest absolute Gasteiger partial charge is 0.444 e. The van der Waals surface area contributed by atoms with E-state index >= 15 is 0 Å². The molecule has 2 aliphatic rings. The van der Waals surface area contributed by atoms with Crippen LogP contribution < -0.4 is 5.32 Å². The van der Waals surface area contributed by atoms with Crippen molar-refractivity contribution in [3.8, 4) is 0 Å². The molecule has 1 aromatic heterocycles. The number of amides is 2. The average molecular weight is 422 g/mol. The average Bonchev–Trinajstić information content (AvgIpc) is 3.07. The number of thiazole rings is 1. The lowest BCUT2D eigenvalue weighted by Gasteiger charge is -2.33. The highest BCUT2D eigenvalue weighted by molar-refractivity contribution is 7.11.